The third-order valence-electron chi connectivity index (χ3n) is 1.46. The van der Waals surface area contributed by atoms with E-state index in [4.69, 9.17) is 12.2 Å². The van der Waals surface area contributed by atoms with Crippen LogP contribution in [0.5, 0.6) is 0 Å². The van der Waals surface area contributed by atoms with Crippen molar-refractivity contribution >= 4 is 24.4 Å². The number of rotatable bonds is 2. The van der Waals surface area contributed by atoms with Gasteiger partial charge in [0.05, 0.1) is 0 Å². The van der Waals surface area contributed by atoms with E-state index in [1.165, 1.54) is 0 Å². The number of hydrogen-bond acceptors (Lipinski definition) is 1. The molecule has 0 aliphatic carbocycles. The van der Waals surface area contributed by atoms with Gasteiger partial charge in [-0.3, -0.25) is 0 Å². The molecule has 0 fully saturated rings. The van der Waals surface area contributed by atoms with E-state index < -0.39 is 0 Å². The van der Waals surface area contributed by atoms with E-state index in [1.807, 2.05) is 6.07 Å². The third-order valence-corrected chi connectivity index (χ3v) is 1.79. The molecule has 56 valence electrons. The van der Waals surface area contributed by atoms with Crippen molar-refractivity contribution in [2.45, 2.75) is 0 Å². The monoisotopic (exact) mass is 163 g/mol. The van der Waals surface area contributed by atoms with Crippen LogP contribution in [0.15, 0.2) is 25.4 Å². The normalized spacial score (nSPS) is 9.09. The average molecular weight is 163 g/mol. The van der Waals surface area contributed by atoms with Gasteiger partial charge in [-0.2, -0.15) is 0 Å². The highest BCUT2D eigenvalue weighted by atomic mass is 32.1. The molecule has 0 spiro atoms. The Kier molecular flexibility index (Phi) is 2.39. The van der Waals surface area contributed by atoms with Crippen LogP contribution in [0, 0.1) is 4.64 Å². The van der Waals surface area contributed by atoms with Crippen LogP contribution >= 0.6 is 12.2 Å². The Labute approximate surface area is 71.1 Å². The van der Waals surface area contributed by atoms with E-state index >= 15 is 0 Å². The van der Waals surface area contributed by atoms with E-state index in [0.29, 0.717) is 4.64 Å². The molecule has 1 N–H and O–H groups in total. The van der Waals surface area contributed by atoms with Crippen LogP contribution in [-0.4, -0.2) is 4.98 Å². The molecule has 0 aliphatic heterocycles. The minimum Gasteiger partial charge on any atom is -0.352 e. The van der Waals surface area contributed by atoms with E-state index in [9.17, 15) is 0 Å². The van der Waals surface area contributed by atoms with Crippen LogP contribution in [0.25, 0.3) is 12.2 Å². The quantitative estimate of drug-likeness (QED) is 0.662. The van der Waals surface area contributed by atoms with Crippen molar-refractivity contribution in [1.82, 2.24) is 4.98 Å². The van der Waals surface area contributed by atoms with Gasteiger partial charge in [-0.05, 0) is 11.6 Å². The highest BCUT2D eigenvalue weighted by molar-refractivity contribution is 7.71. The summed E-state index contributed by atoms with van der Waals surface area (Å²) in [5.41, 5.74) is 1.96. The van der Waals surface area contributed by atoms with Crippen LogP contribution < -0.4 is 0 Å². The number of pyridine rings is 1. The molecule has 0 aliphatic rings. The van der Waals surface area contributed by atoms with Gasteiger partial charge < -0.3 is 4.98 Å². The molecule has 0 saturated heterocycles. The summed E-state index contributed by atoms with van der Waals surface area (Å²) in [6.07, 6.45) is 5.29. The Bertz CT molecular complexity index is 336. The standard InChI is InChI=1S/C9H9NS/c1-3-7-5-6-10-9(11)8(7)4-2/h3-6H,1-2H2,(H,10,11). The molecular weight excluding hydrogens is 154 g/mol. The predicted molar refractivity (Wildman–Crippen MR) is 51.8 cm³/mol. The van der Waals surface area contributed by atoms with Crippen molar-refractivity contribution < 1.29 is 0 Å². The molecular formula is C9H9NS. The van der Waals surface area contributed by atoms with Gasteiger partial charge >= 0.3 is 0 Å². The van der Waals surface area contributed by atoms with Gasteiger partial charge in [0.1, 0.15) is 4.64 Å². The zero-order valence-corrected chi connectivity index (χ0v) is 6.95. The maximum atomic E-state index is 5.03. The first-order chi connectivity index (χ1) is 5.29. The van der Waals surface area contributed by atoms with Gasteiger partial charge in [0.15, 0.2) is 0 Å². The van der Waals surface area contributed by atoms with Crippen LogP contribution in [-0.2, 0) is 0 Å². The molecule has 2 heteroatoms. The summed E-state index contributed by atoms with van der Waals surface area (Å²) in [5, 5.41) is 0. The van der Waals surface area contributed by atoms with Crippen molar-refractivity contribution in [3.05, 3.63) is 41.2 Å². The Morgan fingerprint density at radius 1 is 1.36 bits per heavy atom. The third kappa shape index (κ3) is 1.46. The summed E-state index contributed by atoms with van der Waals surface area (Å²) < 4.78 is 0.706. The lowest BCUT2D eigenvalue weighted by Gasteiger charge is -1.98. The maximum absolute atomic E-state index is 5.03. The van der Waals surface area contributed by atoms with Crippen molar-refractivity contribution in [3.63, 3.8) is 0 Å². The summed E-state index contributed by atoms with van der Waals surface area (Å²) in [7, 11) is 0. The van der Waals surface area contributed by atoms with E-state index in [2.05, 4.69) is 18.1 Å². The number of H-pyrrole nitrogens is 1. The first-order valence-corrected chi connectivity index (χ1v) is 3.67. The second-order valence-electron chi connectivity index (χ2n) is 2.08. The molecule has 1 aromatic rings. The van der Waals surface area contributed by atoms with Gasteiger partial charge in [-0.1, -0.05) is 37.5 Å². The smallest absolute Gasteiger partial charge is 0.111 e. The topological polar surface area (TPSA) is 15.8 Å². The summed E-state index contributed by atoms with van der Waals surface area (Å²) in [6.45, 7) is 7.34. The minimum atomic E-state index is 0.706. The molecule has 1 nitrogen and oxygen atoms in total. The lowest BCUT2D eigenvalue weighted by atomic mass is 10.1. The Morgan fingerprint density at radius 3 is 2.55 bits per heavy atom. The first-order valence-electron chi connectivity index (χ1n) is 3.26. The molecule has 0 atom stereocenters. The number of aromatic nitrogens is 1. The predicted octanol–water partition coefficient (Wildman–Crippen LogP) is 3.03. The Morgan fingerprint density at radius 2 is 2.09 bits per heavy atom. The number of hydrogen-bond donors (Lipinski definition) is 1. The zero-order valence-electron chi connectivity index (χ0n) is 6.13. The van der Waals surface area contributed by atoms with E-state index in [0.717, 1.165) is 11.1 Å². The van der Waals surface area contributed by atoms with Crippen molar-refractivity contribution in [1.29, 1.82) is 0 Å². The molecule has 0 aromatic carbocycles. The summed E-state index contributed by atoms with van der Waals surface area (Å²) in [6, 6.07) is 1.92. The molecule has 1 heterocycles. The summed E-state index contributed by atoms with van der Waals surface area (Å²) in [4.78, 5) is 2.92. The molecule has 0 amide bonds. The molecule has 1 aromatic heterocycles. The molecule has 0 saturated carbocycles. The fourth-order valence-corrected chi connectivity index (χ4v) is 1.16. The maximum Gasteiger partial charge on any atom is 0.111 e. The van der Waals surface area contributed by atoms with Crippen molar-refractivity contribution in [2.24, 2.45) is 0 Å². The second-order valence-corrected chi connectivity index (χ2v) is 2.49. The zero-order chi connectivity index (χ0) is 8.27. The SMILES string of the molecule is C=Cc1cc[nH]c(=S)c1C=C. The lowest BCUT2D eigenvalue weighted by Crippen LogP contribution is -1.83. The second kappa shape index (κ2) is 3.30. The highest BCUT2D eigenvalue weighted by Gasteiger charge is 1.94. The molecule has 0 radical (unpaired) electrons. The van der Waals surface area contributed by atoms with Gasteiger partial charge in [0.2, 0.25) is 0 Å². The molecule has 0 bridgehead atoms. The largest absolute Gasteiger partial charge is 0.352 e. The van der Waals surface area contributed by atoms with Crippen LogP contribution in [0.4, 0.5) is 0 Å². The van der Waals surface area contributed by atoms with Crippen LogP contribution in [0.3, 0.4) is 0 Å². The van der Waals surface area contributed by atoms with Crippen LogP contribution in [0.1, 0.15) is 11.1 Å². The minimum absolute atomic E-state index is 0.706. The number of nitrogens with one attached hydrogen (secondary N) is 1. The molecule has 0 unspecified atom stereocenters. The Balaban J connectivity index is 3.47. The number of aromatic amines is 1. The van der Waals surface area contributed by atoms with E-state index in [-0.39, 0.29) is 0 Å². The van der Waals surface area contributed by atoms with Crippen molar-refractivity contribution in [2.75, 3.05) is 0 Å². The van der Waals surface area contributed by atoms with Gasteiger partial charge in [-0.15, -0.1) is 0 Å². The van der Waals surface area contributed by atoms with Crippen LogP contribution in [0.2, 0.25) is 0 Å². The summed E-state index contributed by atoms with van der Waals surface area (Å²) >= 11 is 5.03. The van der Waals surface area contributed by atoms with E-state index in [1.54, 1.807) is 18.3 Å². The lowest BCUT2D eigenvalue weighted by molar-refractivity contribution is 1.28. The molecule has 11 heavy (non-hydrogen) atoms. The molecule has 1 rings (SSSR count). The fraction of sp³-hybridized carbons (Fsp3) is 0. The van der Waals surface area contributed by atoms with Crippen molar-refractivity contribution in [3.8, 4) is 0 Å². The summed E-state index contributed by atoms with van der Waals surface area (Å²) in [5.74, 6) is 0. The fourth-order valence-electron chi connectivity index (χ4n) is 0.894. The average Bonchev–Trinajstić information content (AvgIpc) is 2.04. The van der Waals surface area contributed by atoms with Gasteiger partial charge in [0, 0.05) is 11.8 Å². The van der Waals surface area contributed by atoms with Gasteiger partial charge in [-0.25, -0.2) is 0 Å². The Hall–Kier alpha value is -1.15. The van der Waals surface area contributed by atoms with Gasteiger partial charge in [0.25, 0.3) is 0 Å². The highest BCUT2D eigenvalue weighted by Crippen LogP contribution is 2.10. The first kappa shape index (κ1) is 7.95.